The molecule has 14 nitrogen and oxygen atoms in total. The lowest BCUT2D eigenvalue weighted by molar-refractivity contribution is -0.142. The van der Waals surface area contributed by atoms with Gasteiger partial charge in [0, 0.05) is 36.4 Å². The minimum Gasteiger partial charge on any atom is -0.508 e. The summed E-state index contributed by atoms with van der Waals surface area (Å²) in [5.41, 5.74) is 12.7. The number of phenols is 1. The molecule has 11 N–H and O–H groups in total. The first-order chi connectivity index (χ1) is 20.0. The number of aromatic hydroxyl groups is 1. The molecule has 4 amide bonds. The highest BCUT2D eigenvalue weighted by atomic mass is 16.4. The quantitative estimate of drug-likeness (QED) is 0.104. The summed E-state index contributed by atoms with van der Waals surface area (Å²) in [6, 6.07) is 7.72. The van der Waals surface area contributed by atoms with E-state index in [1.54, 1.807) is 12.3 Å². The summed E-state index contributed by atoms with van der Waals surface area (Å²) in [5, 5.41) is 36.8. The molecular weight excluding hydrogens is 548 g/mol. The van der Waals surface area contributed by atoms with E-state index in [0.717, 1.165) is 10.9 Å². The van der Waals surface area contributed by atoms with Crippen LogP contribution in [0.1, 0.15) is 24.0 Å². The van der Waals surface area contributed by atoms with Crippen molar-refractivity contribution >= 4 is 40.5 Å². The predicted octanol–water partition coefficient (Wildman–Crippen LogP) is -1.22. The van der Waals surface area contributed by atoms with Crippen molar-refractivity contribution < 1.29 is 39.3 Å². The van der Waals surface area contributed by atoms with Crippen LogP contribution in [0.15, 0.2) is 54.7 Å². The summed E-state index contributed by atoms with van der Waals surface area (Å²) in [4.78, 5) is 65.6. The molecule has 0 bridgehead atoms. The van der Waals surface area contributed by atoms with Gasteiger partial charge in [0.25, 0.3) is 0 Å². The molecule has 0 saturated carbocycles. The number of aliphatic carboxylic acids is 1. The maximum absolute atomic E-state index is 13.5. The van der Waals surface area contributed by atoms with Gasteiger partial charge in [-0.3, -0.25) is 19.2 Å². The number of phenolic OH excluding ortho intramolecular Hbond substituents is 1. The number of hydrogen-bond donors (Lipinski definition) is 9. The Balaban J connectivity index is 1.84. The average Bonchev–Trinajstić information content (AvgIpc) is 3.37. The molecule has 3 rings (SSSR count). The highest BCUT2D eigenvalue weighted by Crippen LogP contribution is 2.19. The van der Waals surface area contributed by atoms with Gasteiger partial charge in [0.15, 0.2) is 0 Å². The second kappa shape index (κ2) is 14.6. The maximum atomic E-state index is 13.5. The van der Waals surface area contributed by atoms with E-state index in [4.69, 9.17) is 11.5 Å². The minimum atomic E-state index is -1.36. The molecular formula is C28H34N6O8. The topological polar surface area (TPSA) is 250 Å². The Morgan fingerprint density at radius 2 is 1.45 bits per heavy atom. The third kappa shape index (κ3) is 8.78. The molecule has 0 radical (unpaired) electrons. The number of nitrogens with two attached hydrogens (primary N) is 2. The van der Waals surface area contributed by atoms with Crippen LogP contribution in [0.2, 0.25) is 0 Å². The van der Waals surface area contributed by atoms with Crippen molar-refractivity contribution in [2.45, 2.75) is 49.9 Å². The van der Waals surface area contributed by atoms with E-state index < -0.39 is 60.4 Å². The van der Waals surface area contributed by atoms with Gasteiger partial charge in [-0.2, -0.15) is 0 Å². The SMILES string of the molecule is NC(=O)CCC(NC(=O)C(N)CO)C(=O)NC(Cc1ccc(O)cc1)C(=O)NC(Cc1c[nH]c2ccccc12)C(=O)O. The third-order valence-corrected chi connectivity index (χ3v) is 6.57. The molecule has 2 aromatic carbocycles. The van der Waals surface area contributed by atoms with Crippen LogP contribution >= 0.6 is 0 Å². The normalized spacial score (nSPS) is 13.9. The Hall–Kier alpha value is -4.95. The Morgan fingerprint density at radius 3 is 2.10 bits per heavy atom. The zero-order valence-corrected chi connectivity index (χ0v) is 22.6. The summed E-state index contributed by atoms with van der Waals surface area (Å²) < 4.78 is 0. The molecule has 3 aromatic rings. The van der Waals surface area contributed by atoms with Gasteiger partial charge in [0.1, 0.15) is 29.9 Å². The molecule has 0 spiro atoms. The Bertz CT molecular complexity index is 1420. The number of carbonyl (C=O) groups is 5. The van der Waals surface area contributed by atoms with Gasteiger partial charge in [-0.1, -0.05) is 30.3 Å². The maximum Gasteiger partial charge on any atom is 0.326 e. The number of carboxylic acids is 1. The van der Waals surface area contributed by atoms with Gasteiger partial charge in [0.2, 0.25) is 23.6 Å². The smallest absolute Gasteiger partial charge is 0.326 e. The summed E-state index contributed by atoms with van der Waals surface area (Å²) in [6.07, 6.45) is 0.987. The fourth-order valence-corrected chi connectivity index (χ4v) is 4.26. The number of aromatic nitrogens is 1. The fourth-order valence-electron chi connectivity index (χ4n) is 4.26. The number of benzene rings is 2. The van der Waals surface area contributed by atoms with E-state index in [1.807, 2.05) is 18.2 Å². The van der Waals surface area contributed by atoms with Crippen molar-refractivity contribution in [3.05, 3.63) is 65.9 Å². The van der Waals surface area contributed by atoms with Gasteiger partial charge in [-0.25, -0.2) is 4.79 Å². The van der Waals surface area contributed by atoms with Crippen molar-refractivity contribution in [1.29, 1.82) is 0 Å². The number of nitrogens with one attached hydrogen (secondary N) is 4. The van der Waals surface area contributed by atoms with Crippen LogP contribution in [0.4, 0.5) is 0 Å². The van der Waals surface area contributed by atoms with Crippen molar-refractivity contribution in [1.82, 2.24) is 20.9 Å². The molecule has 224 valence electrons. The fraction of sp³-hybridized carbons (Fsp3) is 0.321. The number of aliphatic hydroxyl groups is 1. The van der Waals surface area contributed by atoms with Gasteiger partial charge in [-0.05, 0) is 35.7 Å². The number of aromatic amines is 1. The first-order valence-electron chi connectivity index (χ1n) is 13.1. The largest absolute Gasteiger partial charge is 0.508 e. The summed E-state index contributed by atoms with van der Waals surface area (Å²) in [7, 11) is 0. The van der Waals surface area contributed by atoms with Crippen LogP contribution < -0.4 is 27.4 Å². The molecule has 0 aliphatic rings. The lowest BCUT2D eigenvalue weighted by Crippen LogP contribution is -2.58. The molecule has 0 saturated heterocycles. The lowest BCUT2D eigenvalue weighted by Gasteiger charge is -2.25. The Kier molecular flexibility index (Phi) is 11.0. The molecule has 4 unspecified atom stereocenters. The number of aliphatic hydroxyl groups excluding tert-OH is 1. The molecule has 0 aliphatic heterocycles. The van der Waals surface area contributed by atoms with Crippen molar-refractivity contribution in [2.24, 2.45) is 11.5 Å². The number of rotatable bonds is 15. The second-order valence-electron chi connectivity index (χ2n) is 9.75. The van der Waals surface area contributed by atoms with Gasteiger partial charge in [0.05, 0.1) is 6.61 Å². The zero-order chi connectivity index (χ0) is 30.8. The molecule has 14 heteroatoms. The Labute approximate surface area is 240 Å². The summed E-state index contributed by atoms with van der Waals surface area (Å²) in [5.74, 6) is -4.62. The molecule has 1 aromatic heterocycles. The summed E-state index contributed by atoms with van der Waals surface area (Å²) in [6.45, 7) is -0.700. The standard InChI is InChI=1S/C28H34N6O8/c29-19(14-35)25(38)32-21(9-10-24(30)37)26(39)33-22(11-15-5-7-17(36)8-6-15)27(40)34-23(28(41)42)12-16-13-31-20-4-2-1-3-18(16)20/h1-8,13,19,21-23,31,35-36H,9-12,14,29H2,(H2,30,37)(H,32,38)(H,33,39)(H,34,40)(H,41,42). The van der Waals surface area contributed by atoms with E-state index in [-0.39, 0.29) is 31.4 Å². The average molecular weight is 583 g/mol. The predicted molar refractivity (Wildman–Crippen MR) is 151 cm³/mol. The van der Waals surface area contributed by atoms with E-state index >= 15 is 0 Å². The minimum absolute atomic E-state index is 0.0251. The van der Waals surface area contributed by atoms with Crippen LogP contribution in [0.25, 0.3) is 10.9 Å². The van der Waals surface area contributed by atoms with E-state index in [1.165, 1.54) is 24.3 Å². The molecule has 1 heterocycles. The number of primary amides is 1. The second-order valence-corrected chi connectivity index (χ2v) is 9.75. The lowest BCUT2D eigenvalue weighted by atomic mass is 10.0. The molecule has 0 aliphatic carbocycles. The van der Waals surface area contributed by atoms with Crippen molar-refractivity contribution in [2.75, 3.05) is 6.61 Å². The van der Waals surface area contributed by atoms with Crippen LogP contribution in [0, 0.1) is 0 Å². The third-order valence-electron chi connectivity index (χ3n) is 6.57. The number of carboxylic acid groups (broad SMARTS) is 1. The first kappa shape index (κ1) is 31.6. The molecule has 4 atom stereocenters. The van der Waals surface area contributed by atoms with Gasteiger partial charge >= 0.3 is 5.97 Å². The molecule has 42 heavy (non-hydrogen) atoms. The number of hydrogen-bond acceptors (Lipinski definition) is 8. The highest BCUT2D eigenvalue weighted by Gasteiger charge is 2.31. The molecule has 0 fully saturated rings. The van der Waals surface area contributed by atoms with Crippen molar-refractivity contribution in [3.63, 3.8) is 0 Å². The number of H-pyrrole nitrogens is 1. The number of para-hydroxylation sites is 1. The van der Waals surface area contributed by atoms with E-state index in [2.05, 4.69) is 20.9 Å². The zero-order valence-electron chi connectivity index (χ0n) is 22.6. The van der Waals surface area contributed by atoms with Gasteiger partial charge in [-0.15, -0.1) is 0 Å². The number of fused-ring (bicyclic) bond motifs is 1. The van der Waals surface area contributed by atoms with Crippen LogP contribution in [0.3, 0.4) is 0 Å². The van der Waals surface area contributed by atoms with E-state index in [0.29, 0.717) is 11.1 Å². The van der Waals surface area contributed by atoms with Gasteiger partial charge < -0.3 is 47.7 Å². The number of amides is 4. The van der Waals surface area contributed by atoms with Crippen molar-refractivity contribution in [3.8, 4) is 5.75 Å². The van der Waals surface area contributed by atoms with Crippen LogP contribution in [-0.4, -0.2) is 80.7 Å². The Morgan fingerprint density at radius 1 is 0.833 bits per heavy atom. The highest BCUT2D eigenvalue weighted by molar-refractivity contribution is 5.94. The van der Waals surface area contributed by atoms with Crippen LogP contribution in [0.5, 0.6) is 5.75 Å². The van der Waals surface area contributed by atoms with Crippen LogP contribution in [-0.2, 0) is 36.8 Å². The monoisotopic (exact) mass is 582 g/mol. The summed E-state index contributed by atoms with van der Waals surface area (Å²) >= 11 is 0. The number of carbonyl (C=O) groups excluding carboxylic acids is 4. The van der Waals surface area contributed by atoms with E-state index in [9.17, 15) is 39.3 Å². The first-order valence-corrected chi connectivity index (χ1v) is 13.1.